The number of carbonyl (C=O) groups excluding carboxylic acids is 1. The summed E-state index contributed by atoms with van der Waals surface area (Å²) in [6, 6.07) is 5.69. The lowest BCUT2D eigenvalue weighted by atomic mass is 10.0. The van der Waals surface area contributed by atoms with Gasteiger partial charge in [0, 0.05) is 30.2 Å². The van der Waals surface area contributed by atoms with E-state index in [-0.39, 0.29) is 12.5 Å². The minimum absolute atomic E-state index is 0.332. The molecule has 0 aliphatic rings. The van der Waals surface area contributed by atoms with E-state index in [1.807, 2.05) is 25.1 Å². The Bertz CT molecular complexity index is 647. The van der Waals surface area contributed by atoms with E-state index in [0.29, 0.717) is 5.56 Å². The maximum absolute atomic E-state index is 12.3. The molecule has 0 aliphatic heterocycles. The third kappa shape index (κ3) is 2.54. The van der Waals surface area contributed by atoms with Crippen LogP contribution in [0.5, 0.6) is 0 Å². The van der Waals surface area contributed by atoms with Crippen molar-refractivity contribution in [3.05, 3.63) is 41.7 Å². The molecule has 1 N–H and O–H groups in total. The van der Waals surface area contributed by atoms with Crippen LogP contribution in [-0.4, -0.2) is 40.5 Å². The fourth-order valence-corrected chi connectivity index (χ4v) is 2.07. The van der Waals surface area contributed by atoms with Crippen molar-refractivity contribution in [2.45, 2.75) is 6.92 Å². The third-order valence-electron chi connectivity index (χ3n) is 2.94. The lowest BCUT2D eigenvalue weighted by molar-refractivity contribution is -0.137. The van der Waals surface area contributed by atoms with Gasteiger partial charge in [0.2, 0.25) is 0 Å². The van der Waals surface area contributed by atoms with Crippen LogP contribution in [0.2, 0.25) is 0 Å². The summed E-state index contributed by atoms with van der Waals surface area (Å²) < 4.78 is 0. The molecule has 0 saturated heterocycles. The van der Waals surface area contributed by atoms with Crippen molar-refractivity contribution in [1.29, 1.82) is 0 Å². The Morgan fingerprint density at radius 3 is 2.74 bits per heavy atom. The number of aryl methyl sites for hydroxylation is 1. The van der Waals surface area contributed by atoms with Gasteiger partial charge in [-0.1, -0.05) is 18.2 Å². The number of nitrogens with zero attached hydrogens (tertiary/aromatic N) is 2. The van der Waals surface area contributed by atoms with Gasteiger partial charge in [-0.2, -0.15) is 0 Å². The van der Waals surface area contributed by atoms with Crippen molar-refractivity contribution in [3.63, 3.8) is 0 Å². The first-order valence-corrected chi connectivity index (χ1v) is 5.81. The zero-order valence-electron chi connectivity index (χ0n) is 10.8. The van der Waals surface area contributed by atoms with E-state index in [1.165, 1.54) is 18.1 Å². The van der Waals surface area contributed by atoms with Crippen LogP contribution < -0.4 is 0 Å². The Labute approximate surface area is 110 Å². The summed E-state index contributed by atoms with van der Waals surface area (Å²) in [5.41, 5.74) is 1.39. The fourth-order valence-electron chi connectivity index (χ4n) is 2.07. The Hall–Kier alpha value is -2.43. The summed E-state index contributed by atoms with van der Waals surface area (Å²) in [6.07, 6.45) is 3.17. The van der Waals surface area contributed by atoms with E-state index < -0.39 is 5.97 Å². The van der Waals surface area contributed by atoms with Crippen molar-refractivity contribution in [1.82, 2.24) is 9.88 Å². The molecule has 1 aromatic heterocycles. The Morgan fingerprint density at radius 2 is 2.05 bits per heavy atom. The van der Waals surface area contributed by atoms with E-state index in [0.717, 1.165) is 16.3 Å². The van der Waals surface area contributed by atoms with Gasteiger partial charge in [-0.3, -0.25) is 14.6 Å². The van der Waals surface area contributed by atoms with E-state index in [2.05, 4.69) is 4.98 Å². The van der Waals surface area contributed by atoms with Crippen LogP contribution in [-0.2, 0) is 4.79 Å². The zero-order valence-corrected chi connectivity index (χ0v) is 10.8. The SMILES string of the molecule is Cc1cccc2cncc(C(=O)N(C)CC(=O)O)c12. The second-order valence-electron chi connectivity index (χ2n) is 4.42. The first-order valence-electron chi connectivity index (χ1n) is 5.81. The van der Waals surface area contributed by atoms with E-state index in [1.54, 1.807) is 6.20 Å². The molecule has 0 aliphatic carbocycles. The van der Waals surface area contributed by atoms with Gasteiger partial charge < -0.3 is 10.0 Å². The molecule has 2 aromatic rings. The van der Waals surface area contributed by atoms with Crippen LogP contribution in [0.4, 0.5) is 0 Å². The summed E-state index contributed by atoms with van der Waals surface area (Å²) in [5, 5.41) is 10.4. The second-order valence-corrected chi connectivity index (χ2v) is 4.42. The Kier molecular flexibility index (Phi) is 3.46. The molecule has 98 valence electrons. The number of carboxylic acid groups (broad SMARTS) is 1. The monoisotopic (exact) mass is 258 g/mol. The average Bonchev–Trinajstić information content (AvgIpc) is 2.36. The molecule has 0 unspecified atom stereocenters. The number of carbonyl (C=O) groups is 2. The van der Waals surface area contributed by atoms with Crippen LogP contribution >= 0.6 is 0 Å². The van der Waals surface area contributed by atoms with Gasteiger partial charge in [0.1, 0.15) is 6.54 Å². The Balaban J connectivity index is 2.51. The molecular weight excluding hydrogens is 244 g/mol. The van der Waals surface area contributed by atoms with Crippen LogP contribution in [0.25, 0.3) is 10.8 Å². The summed E-state index contributed by atoms with van der Waals surface area (Å²) in [6.45, 7) is 1.58. The normalized spacial score (nSPS) is 10.4. The summed E-state index contributed by atoms with van der Waals surface area (Å²) in [5.74, 6) is -1.38. The number of fused-ring (bicyclic) bond motifs is 1. The van der Waals surface area contributed by atoms with Crippen molar-refractivity contribution in [2.75, 3.05) is 13.6 Å². The molecule has 0 atom stereocenters. The largest absolute Gasteiger partial charge is 0.480 e. The highest BCUT2D eigenvalue weighted by molar-refractivity contribution is 6.08. The topological polar surface area (TPSA) is 70.5 Å². The van der Waals surface area contributed by atoms with Crippen LogP contribution in [0.15, 0.2) is 30.6 Å². The van der Waals surface area contributed by atoms with Crippen molar-refractivity contribution >= 4 is 22.6 Å². The molecule has 1 amide bonds. The second kappa shape index (κ2) is 5.06. The average molecular weight is 258 g/mol. The van der Waals surface area contributed by atoms with Gasteiger partial charge in [0.05, 0.1) is 5.56 Å². The van der Waals surface area contributed by atoms with Gasteiger partial charge in [0.15, 0.2) is 0 Å². The lowest BCUT2D eigenvalue weighted by Gasteiger charge is -2.16. The minimum Gasteiger partial charge on any atom is -0.480 e. The molecule has 0 radical (unpaired) electrons. The van der Waals surface area contributed by atoms with Gasteiger partial charge in [0.25, 0.3) is 5.91 Å². The standard InChI is InChI=1S/C14H14N2O3/c1-9-4-3-5-10-6-15-7-11(13(9)10)14(19)16(2)8-12(17)18/h3-7H,8H2,1-2H3,(H,17,18). The fraction of sp³-hybridized carbons (Fsp3) is 0.214. The van der Waals surface area contributed by atoms with E-state index >= 15 is 0 Å². The number of carboxylic acids is 1. The third-order valence-corrected chi connectivity index (χ3v) is 2.94. The van der Waals surface area contributed by atoms with Gasteiger partial charge >= 0.3 is 5.97 Å². The zero-order chi connectivity index (χ0) is 14.0. The maximum atomic E-state index is 12.3. The molecule has 1 aromatic carbocycles. The number of pyridine rings is 1. The number of benzene rings is 1. The molecule has 0 saturated carbocycles. The number of aliphatic carboxylic acids is 1. The smallest absolute Gasteiger partial charge is 0.323 e. The molecule has 1 heterocycles. The first kappa shape index (κ1) is 13.0. The highest BCUT2D eigenvalue weighted by atomic mass is 16.4. The molecule has 5 nitrogen and oxygen atoms in total. The maximum Gasteiger partial charge on any atom is 0.323 e. The van der Waals surface area contributed by atoms with Gasteiger partial charge in [-0.15, -0.1) is 0 Å². The van der Waals surface area contributed by atoms with Crippen molar-refractivity contribution in [2.24, 2.45) is 0 Å². The number of hydrogen-bond donors (Lipinski definition) is 1. The quantitative estimate of drug-likeness (QED) is 0.909. The summed E-state index contributed by atoms with van der Waals surface area (Å²) in [7, 11) is 1.47. The van der Waals surface area contributed by atoms with Gasteiger partial charge in [-0.25, -0.2) is 0 Å². The number of likely N-dealkylation sites (N-methyl/N-ethyl adjacent to an activating group) is 1. The number of aromatic nitrogens is 1. The Morgan fingerprint density at radius 1 is 1.32 bits per heavy atom. The summed E-state index contributed by atoms with van der Waals surface area (Å²) in [4.78, 5) is 28.1. The lowest BCUT2D eigenvalue weighted by Crippen LogP contribution is -2.32. The molecular formula is C14H14N2O3. The highest BCUT2D eigenvalue weighted by Gasteiger charge is 2.18. The summed E-state index contributed by atoms with van der Waals surface area (Å²) >= 11 is 0. The molecule has 19 heavy (non-hydrogen) atoms. The molecule has 0 spiro atoms. The highest BCUT2D eigenvalue weighted by Crippen LogP contribution is 2.22. The molecule has 0 fully saturated rings. The van der Waals surface area contributed by atoms with Crippen LogP contribution in [0.1, 0.15) is 15.9 Å². The minimum atomic E-state index is -1.04. The van der Waals surface area contributed by atoms with Crippen molar-refractivity contribution < 1.29 is 14.7 Å². The first-order chi connectivity index (χ1) is 9.00. The number of hydrogen-bond acceptors (Lipinski definition) is 3. The van der Waals surface area contributed by atoms with Crippen molar-refractivity contribution in [3.8, 4) is 0 Å². The van der Waals surface area contributed by atoms with Crippen LogP contribution in [0.3, 0.4) is 0 Å². The number of rotatable bonds is 3. The van der Waals surface area contributed by atoms with Crippen LogP contribution in [0, 0.1) is 6.92 Å². The number of amides is 1. The van der Waals surface area contributed by atoms with E-state index in [9.17, 15) is 9.59 Å². The predicted octanol–water partition coefficient (Wildman–Crippen LogP) is 1.70. The molecule has 5 heteroatoms. The van der Waals surface area contributed by atoms with Gasteiger partial charge in [-0.05, 0) is 12.5 Å². The predicted molar refractivity (Wildman–Crippen MR) is 71.1 cm³/mol. The molecule has 0 bridgehead atoms. The molecule has 2 rings (SSSR count). The van der Waals surface area contributed by atoms with E-state index in [4.69, 9.17) is 5.11 Å².